The van der Waals surface area contributed by atoms with E-state index in [4.69, 9.17) is 15.2 Å². The van der Waals surface area contributed by atoms with Gasteiger partial charge in [-0.15, -0.1) is 0 Å². The van der Waals surface area contributed by atoms with Crippen LogP contribution in [0, 0.1) is 6.92 Å². The molecule has 8 heteroatoms. The van der Waals surface area contributed by atoms with Gasteiger partial charge in [-0.3, -0.25) is 0 Å². The van der Waals surface area contributed by atoms with E-state index in [9.17, 15) is 0 Å². The van der Waals surface area contributed by atoms with Crippen LogP contribution in [0.3, 0.4) is 0 Å². The first kappa shape index (κ1) is 22.4. The molecule has 0 atom stereocenters. The van der Waals surface area contributed by atoms with E-state index in [2.05, 4.69) is 44.6 Å². The average Bonchev–Trinajstić information content (AvgIpc) is 2.77. The minimum atomic E-state index is 0.428. The van der Waals surface area contributed by atoms with Gasteiger partial charge in [0.1, 0.15) is 0 Å². The Balaban J connectivity index is 1.61. The number of benzene rings is 1. The van der Waals surface area contributed by atoms with Gasteiger partial charge < -0.3 is 25.8 Å². The van der Waals surface area contributed by atoms with Crippen molar-refractivity contribution in [2.24, 2.45) is 5.73 Å². The van der Waals surface area contributed by atoms with Crippen molar-refractivity contribution >= 4 is 11.9 Å². The summed E-state index contributed by atoms with van der Waals surface area (Å²) in [5.74, 6) is 1.86. The number of nitrogens with one attached hydrogen (secondary N) is 2. The first-order chi connectivity index (χ1) is 14.7. The summed E-state index contributed by atoms with van der Waals surface area (Å²) < 4.78 is 10.9. The number of anilines is 2. The quantitative estimate of drug-likeness (QED) is 0.455. The zero-order valence-electron chi connectivity index (χ0n) is 17.9. The number of aromatic nitrogens is 3. The Kier molecular flexibility index (Phi) is 9.27. The standard InChI is InChI=1S/C22H34N6O2/c1-17-7-9-18(10-8-17)20-26-21(24-12-14-30-16-15-29-13-11-23)28-22(27-20)25-19-5-3-2-4-6-19/h7-10,19H,2-6,11-16,23H2,1H3,(H2,24,25,26,27,28). The van der Waals surface area contributed by atoms with E-state index in [0.717, 1.165) is 18.4 Å². The lowest BCUT2D eigenvalue weighted by molar-refractivity contribution is 0.0547. The molecule has 1 aromatic carbocycles. The molecular formula is C22H34N6O2. The number of aryl methyl sites for hydroxylation is 1. The molecular weight excluding hydrogens is 380 g/mol. The highest BCUT2D eigenvalue weighted by atomic mass is 16.5. The van der Waals surface area contributed by atoms with Gasteiger partial charge in [-0.05, 0) is 19.8 Å². The highest BCUT2D eigenvalue weighted by Gasteiger charge is 2.16. The molecule has 4 N–H and O–H groups in total. The molecule has 0 unspecified atom stereocenters. The Labute approximate surface area is 179 Å². The van der Waals surface area contributed by atoms with Crippen LogP contribution in [0.4, 0.5) is 11.9 Å². The molecule has 1 saturated carbocycles. The summed E-state index contributed by atoms with van der Waals surface area (Å²) in [5, 5.41) is 6.77. The molecule has 30 heavy (non-hydrogen) atoms. The van der Waals surface area contributed by atoms with Crippen molar-refractivity contribution in [1.82, 2.24) is 15.0 Å². The smallest absolute Gasteiger partial charge is 0.228 e. The van der Waals surface area contributed by atoms with Crippen molar-refractivity contribution in [3.8, 4) is 11.4 Å². The topological polar surface area (TPSA) is 107 Å². The van der Waals surface area contributed by atoms with Gasteiger partial charge >= 0.3 is 0 Å². The van der Waals surface area contributed by atoms with Crippen LogP contribution in [0.25, 0.3) is 11.4 Å². The lowest BCUT2D eigenvalue weighted by Crippen LogP contribution is -2.24. The van der Waals surface area contributed by atoms with Crippen LogP contribution < -0.4 is 16.4 Å². The highest BCUT2D eigenvalue weighted by Crippen LogP contribution is 2.23. The number of nitrogens with zero attached hydrogens (tertiary/aromatic N) is 3. The van der Waals surface area contributed by atoms with Crippen molar-refractivity contribution in [3.63, 3.8) is 0 Å². The van der Waals surface area contributed by atoms with Gasteiger partial charge in [0.2, 0.25) is 11.9 Å². The Hall–Kier alpha value is -2.29. The van der Waals surface area contributed by atoms with Crippen LogP contribution in [0.2, 0.25) is 0 Å². The largest absolute Gasteiger partial charge is 0.378 e. The lowest BCUT2D eigenvalue weighted by atomic mass is 9.96. The van der Waals surface area contributed by atoms with Crippen LogP contribution in [0.5, 0.6) is 0 Å². The third kappa shape index (κ3) is 7.51. The lowest BCUT2D eigenvalue weighted by Gasteiger charge is -2.23. The van der Waals surface area contributed by atoms with E-state index in [-0.39, 0.29) is 0 Å². The van der Waals surface area contributed by atoms with Gasteiger partial charge in [-0.25, -0.2) is 0 Å². The third-order valence-corrected chi connectivity index (χ3v) is 5.05. The second kappa shape index (κ2) is 12.4. The van der Waals surface area contributed by atoms with E-state index in [1.807, 2.05) is 12.1 Å². The molecule has 3 rings (SSSR count). The van der Waals surface area contributed by atoms with Crippen molar-refractivity contribution in [2.75, 3.05) is 50.2 Å². The fourth-order valence-corrected chi connectivity index (χ4v) is 3.42. The van der Waals surface area contributed by atoms with Crippen LogP contribution >= 0.6 is 0 Å². The minimum absolute atomic E-state index is 0.428. The van der Waals surface area contributed by atoms with Crippen LogP contribution in [-0.4, -0.2) is 60.5 Å². The molecule has 164 valence electrons. The minimum Gasteiger partial charge on any atom is -0.378 e. The zero-order chi connectivity index (χ0) is 21.0. The van der Waals surface area contributed by atoms with Crippen molar-refractivity contribution in [2.45, 2.75) is 45.1 Å². The molecule has 0 bridgehead atoms. The molecule has 8 nitrogen and oxygen atoms in total. The molecule has 1 heterocycles. The maximum Gasteiger partial charge on any atom is 0.228 e. The van der Waals surface area contributed by atoms with Gasteiger partial charge in [0.15, 0.2) is 5.82 Å². The normalized spacial score (nSPS) is 14.6. The number of ether oxygens (including phenoxy) is 2. The third-order valence-electron chi connectivity index (χ3n) is 5.05. The summed E-state index contributed by atoms with van der Waals surface area (Å²) in [7, 11) is 0. The number of hydrogen-bond donors (Lipinski definition) is 3. The summed E-state index contributed by atoms with van der Waals surface area (Å²) in [4.78, 5) is 13.9. The van der Waals surface area contributed by atoms with Crippen LogP contribution in [0.1, 0.15) is 37.7 Å². The van der Waals surface area contributed by atoms with E-state index in [1.165, 1.54) is 24.8 Å². The number of rotatable bonds is 12. The molecule has 0 aliphatic heterocycles. The first-order valence-electron chi connectivity index (χ1n) is 10.9. The molecule has 0 amide bonds. The summed E-state index contributed by atoms with van der Waals surface area (Å²) in [5.41, 5.74) is 7.57. The predicted octanol–water partition coefficient (Wildman–Crippen LogP) is 3.00. The van der Waals surface area contributed by atoms with Crippen LogP contribution in [0.15, 0.2) is 24.3 Å². The zero-order valence-corrected chi connectivity index (χ0v) is 17.9. The Morgan fingerprint density at radius 1 is 0.900 bits per heavy atom. The number of hydrogen-bond acceptors (Lipinski definition) is 8. The van der Waals surface area contributed by atoms with Crippen molar-refractivity contribution in [3.05, 3.63) is 29.8 Å². The van der Waals surface area contributed by atoms with Gasteiger partial charge in [0, 0.05) is 24.7 Å². The maximum atomic E-state index is 5.57. The van der Waals surface area contributed by atoms with E-state index in [0.29, 0.717) is 63.3 Å². The summed E-state index contributed by atoms with van der Waals surface area (Å²) in [6.07, 6.45) is 6.15. The number of nitrogens with two attached hydrogens (primary N) is 1. The Morgan fingerprint density at radius 3 is 2.33 bits per heavy atom. The van der Waals surface area contributed by atoms with Gasteiger partial charge in [0.25, 0.3) is 0 Å². The fraction of sp³-hybridized carbons (Fsp3) is 0.591. The van der Waals surface area contributed by atoms with Crippen molar-refractivity contribution in [1.29, 1.82) is 0 Å². The molecule has 0 saturated heterocycles. The first-order valence-corrected chi connectivity index (χ1v) is 10.9. The molecule has 2 aromatic rings. The van der Waals surface area contributed by atoms with Gasteiger partial charge in [-0.2, -0.15) is 15.0 Å². The SMILES string of the molecule is Cc1ccc(-c2nc(NCCOCCOCCN)nc(NC3CCCCC3)n2)cc1. The average molecular weight is 415 g/mol. The summed E-state index contributed by atoms with van der Waals surface area (Å²) >= 11 is 0. The summed E-state index contributed by atoms with van der Waals surface area (Å²) in [6.45, 7) is 5.41. The van der Waals surface area contributed by atoms with Crippen LogP contribution in [-0.2, 0) is 9.47 Å². The second-order valence-electron chi connectivity index (χ2n) is 7.59. The van der Waals surface area contributed by atoms with E-state index in [1.54, 1.807) is 0 Å². The molecule has 1 aliphatic carbocycles. The Bertz CT molecular complexity index is 750. The van der Waals surface area contributed by atoms with Gasteiger partial charge in [-0.1, -0.05) is 49.1 Å². The fourth-order valence-electron chi connectivity index (χ4n) is 3.42. The highest BCUT2D eigenvalue weighted by molar-refractivity contribution is 5.58. The van der Waals surface area contributed by atoms with E-state index >= 15 is 0 Å². The molecule has 1 fully saturated rings. The molecule has 0 spiro atoms. The molecule has 1 aliphatic rings. The maximum absolute atomic E-state index is 5.57. The molecule has 1 aromatic heterocycles. The predicted molar refractivity (Wildman–Crippen MR) is 120 cm³/mol. The van der Waals surface area contributed by atoms with Crippen molar-refractivity contribution < 1.29 is 9.47 Å². The molecule has 0 radical (unpaired) electrons. The summed E-state index contributed by atoms with van der Waals surface area (Å²) in [6, 6.07) is 8.66. The van der Waals surface area contributed by atoms with E-state index < -0.39 is 0 Å². The monoisotopic (exact) mass is 414 g/mol. The Morgan fingerprint density at radius 2 is 1.60 bits per heavy atom. The second-order valence-corrected chi connectivity index (χ2v) is 7.59. The van der Waals surface area contributed by atoms with Gasteiger partial charge in [0.05, 0.1) is 26.4 Å².